The Bertz CT molecular complexity index is 2230. The summed E-state index contributed by atoms with van der Waals surface area (Å²) in [5.74, 6) is -1.17. The number of fused-ring (bicyclic) bond motifs is 2. The molecule has 3 heterocycles. The normalized spacial score (nSPS) is 10.9. The number of hydrazone groups is 2. The second-order valence-electron chi connectivity index (χ2n) is 11.5. The minimum atomic E-state index is -0.583. The molecule has 0 radical (unpaired) electrons. The highest BCUT2D eigenvalue weighted by atomic mass is 79.9. The van der Waals surface area contributed by atoms with Gasteiger partial charge in [0.25, 0.3) is 11.8 Å². The van der Waals surface area contributed by atoms with Crippen molar-refractivity contribution in [2.24, 2.45) is 10.2 Å². The molecule has 0 bridgehead atoms. The molecule has 7 rings (SSSR count). The maximum atomic E-state index is 12.9. The molecule has 2 N–H and O–H groups in total. The van der Waals surface area contributed by atoms with Gasteiger partial charge in [0.05, 0.1) is 23.2 Å². The van der Waals surface area contributed by atoms with E-state index < -0.39 is 11.8 Å². The third-order valence-electron chi connectivity index (χ3n) is 8.18. The molecule has 3 aromatic heterocycles. The molecule has 0 saturated heterocycles. The first-order valence-corrected chi connectivity index (χ1v) is 16.0. The van der Waals surface area contributed by atoms with Crippen molar-refractivity contribution in [3.05, 3.63) is 180 Å². The summed E-state index contributed by atoms with van der Waals surface area (Å²) in [6.07, 6.45) is 8.33. The fourth-order valence-electron chi connectivity index (χ4n) is 5.72. The lowest BCUT2D eigenvalue weighted by Crippen LogP contribution is -3.00. The van der Waals surface area contributed by atoms with Crippen LogP contribution in [0.25, 0.3) is 21.8 Å². The lowest BCUT2D eigenvalue weighted by Gasteiger charge is -2.05. The van der Waals surface area contributed by atoms with Crippen molar-refractivity contribution in [3.8, 4) is 0 Å². The zero-order chi connectivity index (χ0) is 34.1. The first-order valence-electron chi connectivity index (χ1n) is 16.0. The van der Waals surface area contributed by atoms with E-state index in [9.17, 15) is 9.59 Å². The highest BCUT2D eigenvalue weighted by molar-refractivity contribution is 6.00. The monoisotopic (exact) mass is 814 g/mol. The van der Waals surface area contributed by atoms with Gasteiger partial charge >= 0.3 is 0 Å². The maximum absolute atomic E-state index is 12.9. The second kappa shape index (κ2) is 17.8. The summed E-state index contributed by atoms with van der Waals surface area (Å²) in [5.41, 5.74) is 11.1. The first-order chi connectivity index (χ1) is 24.6. The van der Waals surface area contributed by atoms with Gasteiger partial charge in [-0.15, -0.1) is 0 Å². The molecule has 0 spiro atoms. The molecule has 7 aromatic rings. The third kappa shape index (κ3) is 8.84. The summed E-state index contributed by atoms with van der Waals surface area (Å²) in [6, 6.07) is 41.7. The van der Waals surface area contributed by atoms with Crippen molar-refractivity contribution >= 4 is 46.0 Å². The quantitative estimate of drug-likeness (QED) is 0.105. The number of para-hydroxylation sites is 2. The number of hydrogen-bond acceptors (Lipinski definition) is 6. The van der Waals surface area contributed by atoms with Crippen LogP contribution in [0.4, 0.5) is 0 Å². The van der Waals surface area contributed by atoms with E-state index in [-0.39, 0.29) is 45.4 Å². The fraction of sp³-hybridized carbons (Fsp3) is 0.0500. The van der Waals surface area contributed by atoms with Crippen LogP contribution in [-0.2, 0) is 13.1 Å². The van der Waals surface area contributed by atoms with E-state index in [0.717, 1.165) is 52.3 Å². The van der Waals surface area contributed by atoms with E-state index in [1.54, 1.807) is 12.4 Å². The van der Waals surface area contributed by atoms with Gasteiger partial charge in [-0.1, -0.05) is 84.9 Å². The number of carbonyl (C=O) groups excluding carboxylic acids is 2. The summed E-state index contributed by atoms with van der Waals surface area (Å²) < 4.78 is 4.34. The first kappa shape index (κ1) is 37.3. The second-order valence-corrected chi connectivity index (χ2v) is 11.5. The standard InChI is InChI=1S/C40H30N8O2.2BrH/c49-39(45-43-24-31-19-21-47(26-29-11-3-1-4-12-29)37-17-9-7-15-33(31)37)35-23-36(42-28-41-35)40(50)46-44-25-32-20-22-48(27-30-13-5-2-6-14-30)38-18-10-8-16-34(32)38;;/h1-25,28H,26-27H2;2*1H. The van der Waals surface area contributed by atoms with Gasteiger partial charge in [0, 0.05) is 52.6 Å². The van der Waals surface area contributed by atoms with Crippen LogP contribution in [0, 0.1) is 0 Å². The van der Waals surface area contributed by atoms with E-state index in [4.69, 9.17) is 0 Å². The summed E-state index contributed by atoms with van der Waals surface area (Å²) in [6.45, 7) is 1.45. The van der Waals surface area contributed by atoms with E-state index in [1.807, 2.05) is 97.3 Å². The minimum absolute atomic E-state index is 0. The molecule has 10 nitrogen and oxygen atoms in total. The van der Waals surface area contributed by atoms with Crippen LogP contribution in [-0.4, -0.2) is 34.2 Å². The summed E-state index contributed by atoms with van der Waals surface area (Å²) in [4.78, 5) is 33.9. The number of pyridine rings is 2. The number of aromatic nitrogens is 4. The Morgan fingerprint density at radius 2 is 0.962 bits per heavy atom. The summed E-state index contributed by atoms with van der Waals surface area (Å²) >= 11 is 0. The number of benzene rings is 4. The van der Waals surface area contributed by atoms with Crippen molar-refractivity contribution in [1.82, 2.24) is 20.8 Å². The average Bonchev–Trinajstić information content (AvgIpc) is 3.17. The molecule has 4 aromatic carbocycles. The summed E-state index contributed by atoms with van der Waals surface area (Å²) in [5, 5.41) is 10.3. The number of carbonyl (C=O) groups is 2. The number of hydrogen-bond donors (Lipinski definition) is 2. The Labute approximate surface area is 321 Å². The number of amides is 2. The highest BCUT2D eigenvalue weighted by Gasteiger charge is 2.15. The molecule has 0 atom stereocenters. The van der Waals surface area contributed by atoms with Crippen molar-refractivity contribution in [1.29, 1.82) is 0 Å². The number of nitrogens with one attached hydrogen (secondary N) is 2. The number of rotatable bonds is 10. The van der Waals surface area contributed by atoms with Crippen LogP contribution in [0.1, 0.15) is 43.2 Å². The van der Waals surface area contributed by atoms with Crippen LogP contribution >= 0.6 is 0 Å². The molecule has 0 fully saturated rings. The van der Waals surface area contributed by atoms with Gasteiger partial charge in [-0.05, 0) is 12.1 Å². The predicted molar refractivity (Wildman–Crippen MR) is 192 cm³/mol. The van der Waals surface area contributed by atoms with Crippen LogP contribution in [0.2, 0.25) is 0 Å². The lowest BCUT2D eigenvalue weighted by molar-refractivity contribution is -0.662. The van der Waals surface area contributed by atoms with E-state index in [2.05, 4.69) is 76.6 Å². The zero-order valence-electron chi connectivity index (χ0n) is 27.7. The van der Waals surface area contributed by atoms with E-state index in [1.165, 1.54) is 17.2 Å². The van der Waals surface area contributed by atoms with Gasteiger partial charge in [0.15, 0.2) is 25.5 Å². The van der Waals surface area contributed by atoms with Gasteiger partial charge in [-0.25, -0.2) is 20.8 Å². The predicted octanol–water partition coefficient (Wildman–Crippen LogP) is -1.01. The molecule has 0 saturated carbocycles. The Morgan fingerprint density at radius 1 is 0.558 bits per heavy atom. The van der Waals surface area contributed by atoms with Crippen molar-refractivity contribution in [2.75, 3.05) is 0 Å². The lowest BCUT2D eigenvalue weighted by atomic mass is 10.1. The molecular weight excluding hydrogens is 784 g/mol. The van der Waals surface area contributed by atoms with Gasteiger partial charge in [0.1, 0.15) is 17.7 Å². The van der Waals surface area contributed by atoms with Crippen LogP contribution in [0.3, 0.4) is 0 Å². The molecule has 0 aliphatic heterocycles. The van der Waals surface area contributed by atoms with E-state index >= 15 is 0 Å². The molecule has 0 aliphatic carbocycles. The van der Waals surface area contributed by atoms with Crippen LogP contribution in [0.15, 0.2) is 156 Å². The Hall–Kier alpha value is -5.98. The SMILES string of the molecule is O=C(N/N=C/c1cc[n+](Cc2ccccc2)c2ccccc12)c1cc(C(=O)N/N=C/c2cc[n+](Cc3ccccc3)c3ccccc23)ncn1.[Br-].[Br-]. The van der Waals surface area contributed by atoms with Crippen LogP contribution in [0.5, 0.6) is 0 Å². The Balaban J connectivity index is 0.00000261. The topological polar surface area (TPSA) is 116 Å². The van der Waals surface area contributed by atoms with Crippen LogP contribution < -0.4 is 53.9 Å². The van der Waals surface area contributed by atoms with Gasteiger partial charge in [0.2, 0.25) is 11.0 Å². The molecule has 52 heavy (non-hydrogen) atoms. The molecule has 2 amide bonds. The van der Waals surface area contributed by atoms with Gasteiger partial charge < -0.3 is 34.0 Å². The van der Waals surface area contributed by atoms with Crippen molar-refractivity contribution in [3.63, 3.8) is 0 Å². The highest BCUT2D eigenvalue weighted by Crippen LogP contribution is 2.16. The molecule has 258 valence electrons. The minimum Gasteiger partial charge on any atom is -1.00 e. The number of halogens is 2. The molecule has 0 unspecified atom stereocenters. The zero-order valence-corrected chi connectivity index (χ0v) is 30.9. The Morgan fingerprint density at radius 3 is 1.40 bits per heavy atom. The maximum Gasteiger partial charge on any atom is 0.290 e. The van der Waals surface area contributed by atoms with Gasteiger partial charge in [-0.2, -0.15) is 19.3 Å². The van der Waals surface area contributed by atoms with Crippen molar-refractivity contribution in [2.45, 2.75) is 13.1 Å². The Kier molecular flexibility index (Phi) is 12.8. The summed E-state index contributed by atoms with van der Waals surface area (Å²) in [7, 11) is 0. The average molecular weight is 817 g/mol. The fourth-order valence-corrected chi connectivity index (χ4v) is 5.72. The molecule has 12 heteroatoms. The van der Waals surface area contributed by atoms with Crippen molar-refractivity contribution < 1.29 is 52.7 Å². The molecular formula is C40H32Br2N8O2. The third-order valence-corrected chi connectivity index (χ3v) is 8.18. The molecule has 0 aliphatic rings. The van der Waals surface area contributed by atoms with E-state index in [0.29, 0.717) is 0 Å². The van der Waals surface area contributed by atoms with Gasteiger partial charge in [-0.3, -0.25) is 9.59 Å². The smallest absolute Gasteiger partial charge is 0.290 e. The number of nitrogens with zero attached hydrogens (tertiary/aromatic N) is 6. The largest absolute Gasteiger partial charge is 1.00 e.